The first-order valence-electron chi connectivity index (χ1n) is 6.80. The Kier molecular flexibility index (Phi) is 2.82. The molecule has 1 aliphatic carbocycles. The third-order valence-corrected chi connectivity index (χ3v) is 3.89. The molecule has 3 heteroatoms. The second-order valence-corrected chi connectivity index (χ2v) is 5.94. The summed E-state index contributed by atoms with van der Waals surface area (Å²) in [4.78, 5) is 0. The highest BCUT2D eigenvalue weighted by atomic mass is 16.7. The lowest BCUT2D eigenvalue weighted by atomic mass is 9.81. The molecule has 1 aromatic rings. The third kappa shape index (κ3) is 2.23. The van der Waals surface area contributed by atoms with Gasteiger partial charge in [-0.1, -0.05) is 17.7 Å². The summed E-state index contributed by atoms with van der Waals surface area (Å²) in [5, 5.41) is 10.2. The Hall–Kier alpha value is -1.48. The Morgan fingerprint density at radius 1 is 1.32 bits per heavy atom. The van der Waals surface area contributed by atoms with Gasteiger partial charge in [-0.25, -0.2) is 0 Å². The van der Waals surface area contributed by atoms with Crippen molar-refractivity contribution in [3.05, 3.63) is 35.4 Å². The molecule has 2 aliphatic rings. The Morgan fingerprint density at radius 3 is 2.89 bits per heavy atom. The van der Waals surface area contributed by atoms with Crippen molar-refractivity contribution in [2.45, 2.75) is 51.4 Å². The number of ether oxygens (including phenoxy) is 2. The second-order valence-electron chi connectivity index (χ2n) is 5.94. The zero-order valence-corrected chi connectivity index (χ0v) is 11.6. The first-order chi connectivity index (χ1) is 8.96. The highest BCUT2D eigenvalue weighted by Crippen LogP contribution is 2.47. The predicted octanol–water partition coefficient (Wildman–Crippen LogP) is 3.73. The fourth-order valence-electron chi connectivity index (χ4n) is 3.11. The molecule has 1 N–H and O–H groups in total. The number of rotatable bonds is 0. The zero-order valence-electron chi connectivity index (χ0n) is 11.6. The van der Waals surface area contributed by atoms with E-state index in [1.807, 2.05) is 26.0 Å². The minimum atomic E-state index is -0.666. The molecule has 1 aliphatic heterocycles. The molecule has 0 saturated heterocycles. The number of hydrogen-bond acceptors (Lipinski definition) is 3. The number of phenolic OH excluding ortho intramolecular Hbond substituents is 1. The van der Waals surface area contributed by atoms with Gasteiger partial charge in [-0.15, -0.1) is 0 Å². The number of fused-ring (bicyclic) bond motifs is 3. The summed E-state index contributed by atoms with van der Waals surface area (Å²) in [5.74, 6) is 0.555. The van der Waals surface area contributed by atoms with E-state index >= 15 is 0 Å². The minimum Gasteiger partial charge on any atom is -0.508 e. The van der Waals surface area contributed by atoms with Crippen LogP contribution in [0.1, 0.15) is 45.1 Å². The molecule has 0 fully saturated rings. The van der Waals surface area contributed by atoms with Gasteiger partial charge in [0.15, 0.2) is 0 Å². The van der Waals surface area contributed by atoms with Crippen molar-refractivity contribution >= 4 is 0 Å². The molecule has 0 bridgehead atoms. The predicted molar refractivity (Wildman–Crippen MR) is 73.4 cm³/mol. The maximum atomic E-state index is 10.2. The van der Waals surface area contributed by atoms with E-state index in [0.29, 0.717) is 5.75 Å². The van der Waals surface area contributed by atoms with Crippen molar-refractivity contribution in [1.82, 2.24) is 0 Å². The Morgan fingerprint density at radius 2 is 2.11 bits per heavy atom. The van der Waals surface area contributed by atoms with Gasteiger partial charge in [0.2, 0.25) is 5.79 Å². The molecule has 3 rings (SSSR count). The lowest BCUT2D eigenvalue weighted by molar-refractivity contribution is -0.185. The molecule has 3 nitrogen and oxygen atoms in total. The van der Waals surface area contributed by atoms with Crippen molar-refractivity contribution in [3.8, 4) is 11.5 Å². The summed E-state index contributed by atoms with van der Waals surface area (Å²) in [7, 11) is 0. The highest BCUT2D eigenvalue weighted by molar-refractivity contribution is 5.48. The molecule has 0 saturated carbocycles. The van der Waals surface area contributed by atoms with Crippen LogP contribution in [0.5, 0.6) is 11.5 Å². The van der Waals surface area contributed by atoms with Crippen LogP contribution in [0.15, 0.2) is 29.8 Å². The third-order valence-electron chi connectivity index (χ3n) is 3.89. The minimum absolute atomic E-state index is 0.0632. The van der Waals surface area contributed by atoms with Crippen LogP contribution in [0.4, 0.5) is 0 Å². The Labute approximate surface area is 113 Å². The van der Waals surface area contributed by atoms with Gasteiger partial charge < -0.3 is 14.6 Å². The number of phenols is 1. The van der Waals surface area contributed by atoms with E-state index in [1.165, 1.54) is 5.57 Å². The molecule has 0 amide bonds. The Bertz CT molecular complexity index is 531. The van der Waals surface area contributed by atoms with E-state index in [-0.39, 0.29) is 12.0 Å². The van der Waals surface area contributed by atoms with Crippen molar-refractivity contribution in [3.63, 3.8) is 0 Å². The highest BCUT2D eigenvalue weighted by Gasteiger charge is 2.39. The maximum absolute atomic E-state index is 10.2. The normalized spacial score (nSPS) is 28.5. The fourth-order valence-corrected chi connectivity index (χ4v) is 3.11. The van der Waals surface area contributed by atoms with Crippen LogP contribution in [0.3, 0.4) is 0 Å². The van der Waals surface area contributed by atoms with E-state index in [4.69, 9.17) is 9.47 Å². The number of benzene rings is 1. The van der Waals surface area contributed by atoms with Gasteiger partial charge in [0.25, 0.3) is 0 Å². The monoisotopic (exact) mass is 260 g/mol. The number of allylic oxidation sites excluding steroid dienone is 1. The van der Waals surface area contributed by atoms with Crippen molar-refractivity contribution < 1.29 is 14.6 Å². The van der Waals surface area contributed by atoms with Crippen LogP contribution < -0.4 is 4.74 Å². The van der Waals surface area contributed by atoms with Gasteiger partial charge in [0, 0.05) is 25.3 Å². The molecule has 2 atom stereocenters. The SMILES string of the molecule is CC1=CCC2OC(C)(C)Oc3cccc(O)c3[C@@H]2C1. The van der Waals surface area contributed by atoms with Gasteiger partial charge in [-0.2, -0.15) is 0 Å². The van der Waals surface area contributed by atoms with Gasteiger partial charge in [0.1, 0.15) is 11.5 Å². The summed E-state index contributed by atoms with van der Waals surface area (Å²) in [6, 6.07) is 5.46. The molecule has 0 radical (unpaired) electrons. The van der Waals surface area contributed by atoms with Gasteiger partial charge in [-0.3, -0.25) is 0 Å². The van der Waals surface area contributed by atoms with Crippen LogP contribution in [0.2, 0.25) is 0 Å². The van der Waals surface area contributed by atoms with Gasteiger partial charge in [-0.05, 0) is 31.9 Å². The first kappa shape index (κ1) is 12.5. The number of hydrogen-bond donors (Lipinski definition) is 1. The standard InChI is InChI=1S/C16H20O3/c1-10-7-8-13-11(9-10)15-12(17)5-4-6-14(15)19-16(2,3)18-13/h4-7,11,13,17H,8-9H2,1-3H3/t11-,13?/m1/s1. The summed E-state index contributed by atoms with van der Waals surface area (Å²) >= 11 is 0. The molecule has 1 aromatic carbocycles. The van der Waals surface area contributed by atoms with E-state index in [2.05, 4.69) is 13.0 Å². The molecule has 19 heavy (non-hydrogen) atoms. The van der Waals surface area contributed by atoms with Gasteiger partial charge >= 0.3 is 0 Å². The van der Waals surface area contributed by atoms with E-state index < -0.39 is 5.79 Å². The van der Waals surface area contributed by atoms with E-state index in [9.17, 15) is 5.11 Å². The average molecular weight is 260 g/mol. The van der Waals surface area contributed by atoms with E-state index in [1.54, 1.807) is 6.07 Å². The second kappa shape index (κ2) is 4.27. The average Bonchev–Trinajstić information content (AvgIpc) is 2.42. The zero-order chi connectivity index (χ0) is 13.6. The fraction of sp³-hybridized carbons (Fsp3) is 0.500. The summed E-state index contributed by atoms with van der Waals surface area (Å²) in [6.45, 7) is 5.98. The molecule has 0 aromatic heterocycles. The molecular formula is C16H20O3. The van der Waals surface area contributed by atoms with Crippen LogP contribution in [-0.4, -0.2) is 17.0 Å². The lowest BCUT2D eigenvalue weighted by Crippen LogP contribution is -2.36. The molecule has 102 valence electrons. The molecular weight excluding hydrogens is 240 g/mol. The quantitative estimate of drug-likeness (QED) is 0.722. The molecule has 1 heterocycles. The van der Waals surface area contributed by atoms with E-state index in [0.717, 1.165) is 24.2 Å². The van der Waals surface area contributed by atoms with Crippen molar-refractivity contribution in [2.75, 3.05) is 0 Å². The molecule has 1 unspecified atom stereocenters. The summed E-state index contributed by atoms with van der Waals surface area (Å²) in [6.07, 6.45) is 4.07. The summed E-state index contributed by atoms with van der Waals surface area (Å²) < 4.78 is 12.1. The van der Waals surface area contributed by atoms with Crippen molar-refractivity contribution in [1.29, 1.82) is 0 Å². The molecule has 0 spiro atoms. The first-order valence-corrected chi connectivity index (χ1v) is 6.80. The lowest BCUT2D eigenvalue weighted by Gasteiger charge is -2.32. The van der Waals surface area contributed by atoms with Crippen LogP contribution in [0.25, 0.3) is 0 Å². The maximum Gasteiger partial charge on any atom is 0.205 e. The largest absolute Gasteiger partial charge is 0.508 e. The van der Waals surface area contributed by atoms with Crippen molar-refractivity contribution in [2.24, 2.45) is 0 Å². The van der Waals surface area contributed by atoms with Crippen LogP contribution in [0, 0.1) is 0 Å². The van der Waals surface area contributed by atoms with Gasteiger partial charge in [0.05, 0.1) is 6.10 Å². The topological polar surface area (TPSA) is 38.7 Å². The number of aromatic hydroxyl groups is 1. The van der Waals surface area contributed by atoms with Crippen LogP contribution >= 0.6 is 0 Å². The van der Waals surface area contributed by atoms with Crippen LogP contribution in [-0.2, 0) is 4.74 Å². The smallest absolute Gasteiger partial charge is 0.205 e. The Balaban J connectivity index is 2.13. The summed E-state index contributed by atoms with van der Waals surface area (Å²) in [5.41, 5.74) is 2.24.